The number of benzene rings is 2. The highest BCUT2D eigenvalue weighted by atomic mass is 79.9. The standard InChI is InChI=1S/C16H11BrFN5O2/c17-12-3-1-2-4-13(12)22-16-14(23(24)25)15(19-9-20-16)21-11-7-5-10(18)6-8-11/h1-9H,(H2,19,20,21,22). The third-order valence-electron chi connectivity index (χ3n) is 3.24. The molecule has 0 fully saturated rings. The summed E-state index contributed by atoms with van der Waals surface area (Å²) < 4.78 is 13.7. The zero-order valence-corrected chi connectivity index (χ0v) is 14.2. The average molecular weight is 404 g/mol. The number of rotatable bonds is 5. The summed E-state index contributed by atoms with van der Waals surface area (Å²) >= 11 is 3.37. The van der Waals surface area contributed by atoms with E-state index in [1.165, 1.54) is 30.6 Å². The zero-order valence-electron chi connectivity index (χ0n) is 12.6. The maximum Gasteiger partial charge on any atom is 0.353 e. The Morgan fingerprint density at radius 3 is 2.28 bits per heavy atom. The molecule has 7 nitrogen and oxygen atoms in total. The number of nitro groups is 1. The van der Waals surface area contributed by atoms with Gasteiger partial charge >= 0.3 is 5.69 Å². The van der Waals surface area contributed by atoms with Crippen molar-refractivity contribution in [1.29, 1.82) is 0 Å². The van der Waals surface area contributed by atoms with E-state index in [-0.39, 0.29) is 17.3 Å². The fourth-order valence-electron chi connectivity index (χ4n) is 2.09. The minimum atomic E-state index is -0.578. The van der Waals surface area contributed by atoms with Crippen LogP contribution in [0.5, 0.6) is 0 Å². The molecule has 0 spiro atoms. The molecule has 1 heterocycles. The summed E-state index contributed by atoms with van der Waals surface area (Å²) in [6.45, 7) is 0. The SMILES string of the molecule is O=[N+]([O-])c1c(Nc2ccc(F)cc2)ncnc1Nc1ccccc1Br. The van der Waals surface area contributed by atoms with Gasteiger partial charge in [-0.2, -0.15) is 0 Å². The molecule has 0 aliphatic rings. The van der Waals surface area contributed by atoms with Crippen LogP contribution in [0.2, 0.25) is 0 Å². The summed E-state index contributed by atoms with van der Waals surface area (Å²) in [4.78, 5) is 18.9. The van der Waals surface area contributed by atoms with Crippen LogP contribution in [-0.4, -0.2) is 14.9 Å². The number of nitrogens with one attached hydrogen (secondary N) is 2. The number of hydrogen-bond acceptors (Lipinski definition) is 6. The average Bonchev–Trinajstić information content (AvgIpc) is 2.59. The first-order valence-corrected chi connectivity index (χ1v) is 7.87. The number of aromatic nitrogens is 2. The molecule has 0 radical (unpaired) electrons. The molecular weight excluding hydrogens is 393 g/mol. The largest absolute Gasteiger partial charge is 0.353 e. The monoisotopic (exact) mass is 403 g/mol. The van der Waals surface area contributed by atoms with Crippen LogP contribution in [0.1, 0.15) is 0 Å². The molecule has 0 bridgehead atoms. The van der Waals surface area contributed by atoms with E-state index in [2.05, 4.69) is 36.5 Å². The molecule has 1 aromatic heterocycles. The molecule has 0 saturated heterocycles. The van der Waals surface area contributed by atoms with E-state index in [4.69, 9.17) is 0 Å². The van der Waals surface area contributed by atoms with E-state index >= 15 is 0 Å². The molecule has 25 heavy (non-hydrogen) atoms. The van der Waals surface area contributed by atoms with Crippen LogP contribution >= 0.6 is 15.9 Å². The van der Waals surface area contributed by atoms with Crippen molar-refractivity contribution in [1.82, 2.24) is 9.97 Å². The first kappa shape index (κ1) is 16.8. The molecule has 0 saturated carbocycles. The quantitative estimate of drug-likeness (QED) is 0.470. The van der Waals surface area contributed by atoms with Crippen LogP contribution in [0.15, 0.2) is 59.3 Å². The lowest BCUT2D eigenvalue weighted by molar-refractivity contribution is -0.383. The third kappa shape index (κ3) is 3.89. The van der Waals surface area contributed by atoms with Crippen molar-refractivity contribution in [3.63, 3.8) is 0 Å². The number of hydrogen-bond donors (Lipinski definition) is 2. The summed E-state index contributed by atoms with van der Waals surface area (Å²) in [7, 11) is 0. The van der Waals surface area contributed by atoms with Crippen molar-refractivity contribution in [3.05, 3.63) is 75.3 Å². The van der Waals surface area contributed by atoms with Gasteiger partial charge in [0.25, 0.3) is 0 Å². The number of nitrogens with zero attached hydrogens (tertiary/aromatic N) is 3. The van der Waals surface area contributed by atoms with Crippen LogP contribution < -0.4 is 10.6 Å². The molecule has 3 aromatic rings. The van der Waals surface area contributed by atoms with Gasteiger partial charge in [-0.25, -0.2) is 14.4 Å². The Kier molecular flexibility index (Phi) is 4.85. The molecule has 0 aliphatic carbocycles. The van der Waals surface area contributed by atoms with Crippen LogP contribution in [0.4, 0.5) is 33.1 Å². The highest BCUT2D eigenvalue weighted by Gasteiger charge is 2.23. The van der Waals surface area contributed by atoms with E-state index < -0.39 is 10.7 Å². The second-order valence-corrected chi connectivity index (χ2v) is 5.77. The van der Waals surface area contributed by atoms with Crippen LogP contribution in [0.3, 0.4) is 0 Å². The van der Waals surface area contributed by atoms with Crippen LogP contribution in [0, 0.1) is 15.9 Å². The van der Waals surface area contributed by atoms with Gasteiger partial charge in [-0.05, 0) is 52.3 Å². The number of halogens is 2. The first-order valence-electron chi connectivity index (χ1n) is 7.08. The van der Waals surface area contributed by atoms with Gasteiger partial charge in [0.15, 0.2) is 0 Å². The van der Waals surface area contributed by atoms with Gasteiger partial charge in [-0.3, -0.25) is 10.1 Å². The van der Waals surface area contributed by atoms with E-state index in [9.17, 15) is 14.5 Å². The maximum absolute atomic E-state index is 13.0. The first-order chi connectivity index (χ1) is 12.0. The van der Waals surface area contributed by atoms with E-state index in [0.717, 1.165) is 4.47 Å². The van der Waals surface area contributed by atoms with Crippen LogP contribution in [-0.2, 0) is 0 Å². The van der Waals surface area contributed by atoms with Gasteiger partial charge in [-0.1, -0.05) is 12.1 Å². The third-order valence-corrected chi connectivity index (χ3v) is 3.93. The Bertz CT molecular complexity index is 921. The molecule has 0 aliphatic heterocycles. The van der Waals surface area contributed by atoms with Crippen molar-refractivity contribution < 1.29 is 9.31 Å². The molecule has 2 aromatic carbocycles. The maximum atomic E-state index is 13.0. The van der Waals surface area contributed by atoms with Crippen molar-refractivity contribution in [3.8, 4) is 0 Å². The Morgan fingerprint density at radius 1 is 1.00 bits per heavy atom. The zero-order chi connectivity index (χ0) is 17.8. The predicted molar refractivity (Wildman–Crippen MR) is 95.8 cm³/mol. The lowest BCUT2D eigenvalue weighted by Gasteiger charge is -2.11. The normalized spacial score (nSPS) is 10.3. The lowest BCUT2D eigenvalue weighted by Crippen LogP contribution is -2.05. The van der Waals surface area contributed by atoms with Crippen molar-refractivity contribution >= 4 is 44.6 Å². The van der Waals surface area contributed by atoms with Crippen molar-refractivity contribution in [2.75, 3.05) is 10.6 Å². The number of anilines is 4. The molecule has 0 unspecified atom stereocenters. The highest BCUT2D eigenvalue weighted by molar-refractivity contribution is 9.10. The molecule has 3 rings (SSSR count). The summed E-state index contributed by atoms with van der Waals surface area (Å²) in [6, 6.07) is 12.6. The minimum absolute atomic E-state index is 0.00108. The Hall–Kier alpha value is -3.07. The Morgan fingerprint density at radius 2 is 1.64 bits per heavy atom. The van der Waals surface area contributed by atoms with E-state index in [0.29, 0.717) is 11.4 Å². The van der Waals surface area contributed by atoms with Gasteiger partial charge in [0.1, 0.15) is 12.1 Å². The second-order valence-electron chi connectivity index (χ2n) is 4.91. The van der Waals surface area contributed by atoms with Gasteiger partial charge in [0.2, 0.25) is 11.6 Å². The van der Waals surface area contributed by atoms with Crippen LogP contribution in [0.25, 0.3) is 0 Å². The fourth-order valence-corrected chi connectivity index (χ4v) is 2.48. The van der Waals surface area contributed by atoms with Gasteiger partial charge in [0, 0.05) is 10.2 Å². The molecule has 2 N–H and O–H groups in total. The van der Waals surface area contributed by atoms with E-state index in [1.54, 1.807) is 18.2 Å². The molecule has 126 valence electrons. The minimum Gasteiger partial charge on any atom is -0.334 e. The second kappa shape index (κ2) is 7.22. The highest BCUT2D eigenvalue weighted by Crippen LogP contribution is 2.34. The van der Waals surface area contributed by atoms with Gasteiger partial charge in [-0.15, -0.1) is 0 Å². The van der Waals surface area contributed by atoms with Gasteiger partial charge < -0.3 is 10.6 Å². The Labute approximate surface area is 150 Å². The Balaban J connectivity index is 1.98. The topological polar surface area (TPSA) is 93.0 Å². The molecule has 0 atom stereocenters. The smallest absolute Gasteiger partial charge is 0.334 e. The molecular formula is C16H11BrFN5O2. The molecule has 9 heteroatoms. The van der Waals surface area contributed by atoms with Crippen molar-refractivity contribution in [2.45, 2.75) is 0 Å². The lowest BCUT2D eigenvalue weighted by atomic mass is 10.3. The van der Waals surface area contributed by atoms with Crippen molar-refractivity contribution in [2.24, 2.45) is 0 Å². The molecule has 0 amide bonds. The summed E-state index contributed by atoms with van der Waals surface area (Å²) in [5.74, 6) is -0.364. The summed E-state index contributed by atoms with van der Waals surface area (Å²) in [5, 5.41) is 17.3. The summed E-state index contributed by atoms with van der Waals surface area (Å²) in [5.41, 5.74) is 0.773. The van der Waals surface area contributed by atoms with Gasteiger partial charge in [0.05, 0.1) is 10.6 Å². The predicted octanol–water partition coefficient (Wildman–Crippen LogP) is 4.77. The fraction of sp³-hybridized carbons (Fsp3) is 0. The summed E-state index contributed by atoms with van der Waals surface area (Å²) in [6.07, 6.45) is 1.21. The van der Waals surface area contributed by atoms with E-state index in [1.807, 2.05) is 6.07 Å². The number of para-hydroxylation sites is 1.